The minimum Gasteiger partial charge on any atom is -0.339 e. The van der Waals surface area contributed by atoms with Crippen LogP contribution in [-0.2, 0) is 11.2 Å². The quantitative estimate of drug-likeness (QED) is 0.756. The first-order valence-corrected chi connectivity index (χ1v) is 7.21. The smallest absolute Gasteiger partial charge is 0.246 e. The van der Waals surface area contributed by atoms with Gasteiger partial charge in [0.25, 0.3) is 0 Å². The van der Waals surface area contributed by atoms with Crippen molar-refractivity contribution in [3.05, 3.63) is 41.5 Å². The first-order chi connectivity index (χ1) is 9.15. The predicted molar refractivity (Wildman–Crippen MR) is 79.8 cm³/mol. The van der Waals surface area contributed by atoms with E-state index in [0.717, 1.165) is 37.9 Å². The Morgan fingerprint density at radius 2 is 1.84 bits per heavy atom. The summed E-state index contributed by atoms with van der Waals surface area (Å²) in [7, 11) is 0. The van der Waals surface area contributed by atoms with E-state index < -0.39 is 0 Å². The number of benzene rings is 1. The Morgan fingerprint density at radius 1 is 1.21 bits per heavy atom. The lowest BCUT2D eigenvalue weighted by Gasteiger charge is -2.11. The zero-order chi connectivity index (χ0) is 13.7. The van der Waals surface area contributed by atoms with Crippen LogP contribution in [0.1, 0.15) is 37.8 Å². The van der Waals surface area contributed by atoms with Gasteiger partial charge in [-0.05, 0) is 42.4 Å². The Labute approximate surface area is 116 Å². The van der Waals surface area contributed by atoms with Crippen molar-refractivity contribution in [3.63, 3.8) is 0 Å². The Morgan fingerprint density at radius 3 is 2.42 bits per heavy atom. The summed E-state index contributed by atoms with van der Waals surface area (Å²) in [6, 6.07) is 8.48. The number of rotatable bonds is 4. The first-order valence-electron chi connectivity index (χ1n) is 7.21. The van der Waals surface area contributed by atoms with Crippen molar-refractivity contribution < 1.29 is 4.79 Å². The highest BCUT2D eigenvalue weighted by Gasteiger charge is 2.14. The highest BCUT2D eigenvalue weighted by atomic mass is 16.2. The number of carbonyl (C=O) groups excluding carboxylic acids is 1. The average molecular weight is 257 g/mol. The molecule has 1 amide bonds. The second-order valence-corrected chi connectivity index (χ2v) is 5.71. The molecule has 2 nitrogen and oxygen atoms in total. The molecule has 19 heavy (non-hydrogen) atoms. The van der Waals surface area contributed by atoms with Crippen LogP contribution in [0.2, 0.25) is 0 Å². The molecular weight excluding hydrogens is 234 g/mol. The topological polar surface area (TPSA) is 20.3 Å². The Balaban J connectivity index is 1.93. The van der Waals surface area contributed by atoms with E-state index in [2.05, 4.69) is 38.1 Å². The molecule has 1 aromatic rings. The molecule has 0 unspecified atom stereocenters. The third kappa shape index (κ3) is 4.23. The highest BCUT2D eigenvalue weighted by molar-refractivity contribution is 5.91. The zero-order valence-electron chi connectivity index (χ0n) is 11.9. The standard InChI is InChI=1S/C17H23NO/c1-14(2)13-16-7-5-15(6-8-16)9-10-17(19)18-11-3-4-12-18/h5-10,14H,3-4,11-13H2,1-2H3. The molecular formula is C17H23NO. The molecule has 2 heteroatoms. The summed E-state index contributed by atoms with van der Waals surface area (Å²) in [5.74, 6) is 0.821. The third-order valence-electron chi connectivity index (χ3n) is 3.46. The third-order valence-corrected chi connectivity index (χ3v) is 3.46. The molecule has 0 spiro atoms. The second kappa shape index (κ2) is 6.55. The maximum atomic E-state index is 11.9. The molecule has 0 bridgehead atoms. The van der Waals surface area contributed by atoms with E-state index in [1.165, 1.54) is 5.56 Å². The molecule has 0 N–H and O–H groups in total. The molecule has 0 saturated carbocycles. The van der Waals surface area contributed by atoms with Crippen molar-refractivity contribution in [1.29, 1.82) is 0 Å². The molecule has 1 aromatic carbocycles. The van der Waals surface area contributed by atoms with Crippen LogP contribution in [-0.4, -0.2) is 23.9 Å². The van der Waals surface area contributed by atoms with Crippen molar-refractivity contribution in [3.8, 4) is 0 Å². The monoisotopic (exact) mass is 257 g/mol. The largest absolute Gasteiger partial charge is 0.339 e. The van der Waals surface area contributed by atoms with Gasteiger partial charge in [0.1, 0.15) is 0 Å². The SMILES string of the molecule is CC(C)Cc1ccc(C=CC(=O)N2CCCC2)cc1. The van der Waals surface area contributed by atoms with Gasteiger partial charge < -0.3 is 4.90 Å². The van der Waals surface area contributed by atoms with Gasteiger partial charge in [0, 0.05) is 19.2 Å². The van der Waals surface area contributed by atoms with Gasteiger partial charge in [0.2, 0.25) is 5.91 Å². The zero-order valence-corrected chi connectivity index (χ0v) is 11.9. The number of hydrogen-bond donors (Lipinski definition) is 0. The molecule has 0 radical (unpaired) electrons. The van der Waals surface area contributed by atoms with Crippen LogP contribution >= 0.6 is 0 Å². The number of carbonyl (C=O) groups is 1. The fourth-order valence-electron chi connectivity index (χ4n) is 2.45. The van der Waals surface area contributed by atoms with E-state index in [-0.39, 0.29) is 5.91 Å². The van der Waals surface area contributed by atoms with Crippen LogP contribution in [0.4, 0.5) is 0 Å². The lowest BCUT2D eigenvalue weighted by Crippen LogP contribution is -2.25. The van der Waals surface area contributed by atoms with Gasteiger partial charge in [0.15, 0.2) is 0 Å². The van der Waals surface area contributed by atoms with Gasteiger partial charge in [-0.25, -0.2) is 0 Å². The van der Waals surface area contributed by atoms with Crippen molar-refractivity contribution in [2.24, 2.45) is 5.92 Å². The van der Waals surface area contributed by atoms with Crippen LogP contribution in [0.25, 0.3) is 6.08 Å². The highest BCUT2D eigenvalue weighted by Crippen LogP contribution is 2.12. The molecule has 1 aliphatic rings. The van der Waals surface area contributed by atoms with Gasteiger partial charge in [-0.1, -0.05) is 38.1 Å². The van der Waals surface area contributed by atoms with Crippen LogP contribution in [0.5, 0.6) is 0 Å². The molecule has 1 aliphatic heterocycles. The first kappa shape index (κ1) is 13.9. The van der Waals surface area contributed by atoms with Gasteiger partial charge in [0.05, 0.1) is 0 Å². The maximum absolute atomic E-state index is 11.9. The van der Waals surface area contributed by atoms with Gasteiger partial charge in [-0.2, -0.15) is 0 Å². The summed E-state index contributed by atoms with van der Waals surface area (Å²) in [5.41, 5.74) is 2.46. The van der Waals surface area contributed by atoms with Crippen molar-refractivity contribution in [1.82, 2.24) is 4.90 Å². The Hall–Kier alpha value is -1.57. The number of amides is 1. The molecule has 0 atom stereocenters. The molecule has 1 saturated heterocycles. The fraction of sp³-hybridized carbons (Fsp3) is 0.471. The second-order valence-electron chi connectivity index (χ2n) is 5.71. The van der Waals surface area contributed by atoms with Crippen LogP contribution in [0, 0.1) is 5.92 Å². The summed E-state index contributed by atoms with van der Waals surface area (Å²) >= 11 is 0. The molecule has 1 heterocycles. The van der Waals surface area contributed by atoms with Crippen LogP contribution < -0.4 is 0 Å². The number of likely N-dealkylation sites (tertiary alicyclic amines) is 1. The van der Waals surface area contributed by atoms with Crippen molar-refractivity contribution in [2.45, 2.75) is 33.1 Å². The van der Waals surface area contributed by atoms with Gasteiger partial charge in [-0.3, -0.25) is 4.79 Å². The van der Waals surface area contributed by atoms with Crippen molar-refractivity contribution >= 4 is 12.0 Å². The van der Waals surface area contributed by atoms with Gasteiger partial charge in [-0.15, -0.1) is 0 Å². The molecule has 1 fully saturated rings. The average Bonchev–Trinajstić information content (AvgIpc) is 2.91. The van der Waals surface area contributed by atoms with E-state index >= 15 is 0 Å². The van der Waals surface area contributed by atoms with Gasteiger partial charge >= 0.3 is 0 Å². The summed E-state index contributed by atoms with van der Waals surface area (Å²) in [6.07, 6.45) is 7.01. The number of hydrogen-bond acceptors (Lipinski definition) is 1. The molecule has 2 rings (SSSR count). The van der Waals surface area contributed by atoms with E-state index in [1.807, 2.05) is 11.0 Å². The lowest BCUT2D eigenvalue weighted by atomic mass is 10.0. The normalized spacial score (nSPS) is 15.6. The molecule has 0 aromatic heterocycles. The Kier molecular flexibility index (Phi) is 4.78. The van der Waals surface area contributed by atoms with Crippen LogP contribution in [0.3, 0.4) is 0 Å². The summed E-state index contributed by atoms with van der Waals surface area (Å²) in [4.78, 5) is 13.8. The van der Waals surface area contributed by atoms with E-state index in [4.69, 9.17) is 0 Å². The molecule has 0 aliphatic carbocycles. The van der Waals surface area contributed by atoms with E-state index in [0.29, 0.717) is 5.92 Å². The lowest BCUT2D eigenvalue weighted by molar-refractivity contribution is -0.124. The minimum atomic E-state index is 0.142. The Bertz CT molecular complexity index is 439. The summed E-state index contributed by atoms with van der Waals surface area (Å²) in [5, 5.41) is 0. The van der Waals surface area contributed by atoms with Crippen molar-refractivity contribution in [2.75, 3.05) is 13.1 Å². The summed E-state index contributed by atoms with van der Waals surface area (Å²) in [6.45, 7) is 6.28. The van der Waals surface area contributed by atoms with E-state index in [1.54, 1.807) is 6.08 Å². The predicted octanol–water partition coefficient (Wildman–Crippen LogP) is 3.52. The maximum Gasteiger partial charge on any atom is 0.246 e. The fourth-order valence-corrected chi connectivity index (χ4v) is 2.45. The molecule has 102 valence electrons. The minimum absolute atomic E-state index is 0.142. The number of nitrogens with zero attached hydrogens (tertiary/aromatic N) is 1. The van der Waals surface area contributed by atoms with E-state index in [9.17, 15) is 4.79 Å². The van der Waals surface area contributed by atoms with Crippen LogP contribution in [0.15, 0.2) is 30.3 Å². The summed E-state index contributed by atoms with van der Waals surface area (Å²) < 4.78 is 0.